The van der Waals surface area contributed by atoms with Crippen LogP contribution in [0.5, 0.6) is 0 Å². The first-order chi connectivity index (χ1) is 28.1. The highest BCUT2D eigenvalue weighted by molar-refractivity contribution is 5.72. The van der Waals surface area contributed by atoms with Crippen molar-refractivity contribution >= 4 is 17.9 Å². The van der Waals surface area contributed by atoms with Crippen molar-refractivity contribution in [3.63, 3.8) is 0 Å². The van der Waals surface area contributed by atoms with Crippen LogP contribution in [0.15, 0.2) is 97.2 Å². The van der Waals surface area contributed by atoms with Gasteiger partial charge in [0, 0.05) is 19.3 Å². The van der Waals surface area contributed by atoms with E-state index in [1.807, 2.05) is 21.1 Å². The van der Waals surface area contributed by atoms with Crippen LogP contribution in [0.1, 0.15) is 149 Å². The van der Waals surface area contributed by atoms with Gasteiger partial charge >= 0.3 is 17.9 Å². The van der Waals surface area contributed by atoms with Crippen LogP contribution in [-0.4, -0.2) is 80.6 Å². The number of carbonyl (C=O) groups excluding carboxylic acids is 2. The molecule has 1 N–H and O–H groups in total. The zero-order valence-electron chi connectivity index (χ0n) is 37.2. The van der Waals surface area contributed by atoms with E-state index in [4.69, 9.17) is 14.2 Å². The predicted molar refractivity (Wildman–Crippen MR) is 243 cm³/mol. The highest BCUT2D eigenvalue weighted by Gasteiger charge is 2.31. The van der Waals surface area contributed by atoms with Crippen LogP contribution in [0.4, 0.5) is 0 Å². The van der Waals surface area contributed by atoms with E-state index in [0.717, 1.165) is 89.9 Å². The molecule has 0 aromatic carbocycles. The van der Waals surface area contributed by atoms with Gasteiger partial charge in [0.15, 0.2) is 12.1 Å². The molecular formula is C50H82NO7+. The van der Waals surface area contributed by atoms with E-state index in [1.54, 1.807) is 0 Å². The molecule has 0 saturated carbocycles. The number of esters is 2. The first kappa shape index (κ1) is 54.2. The number of aliphatic carboxylic acids is 1. The third kappa shape index (κ3) is 37.8. The van der Waals surface area contributed by atoms with Crippen LogP contribution in [0.25, 0.3) is 0 Å². The quantitative estimate of drug-likeness (QED) is 0.0287. The third-order valence-electron chi connectivity index (χ3n) is 9.23. The predicted octanol–water partition coefficient (Wildman–Crippen LogP) is 12.3. The Balaban J connectivity index is 4.33. The SMILES string of the molecule is CC/C=C/C/C=C/C/C=C/C/C=C/C/C=C/CCCCCCCCCC(=O)OCC(COCCC(C(=O)O)[N+](C)(C)C)OC(=O)CCC/C=C/C/C=C/C/C=C/CC. The van der Waals surface area contributed by atoms with Gasteiger partial charge in [0.25, 0.3) is 0 Å². The average molecular weight is 809 g/mol. The number of ether oxygens (including phenoxy) is 3. The number of rotatable bonds is 38. The average Bonchev–Trinajstić information content (AvgIpc) is 3.18. The summed E-state index contributed by atoms with van der Waals surface area (Å²) in [5.41, 5.74) is 0. The normalized spacial score (nSPS) is 13.9. The lowest BCUT2D eigenvalue weighted by Gasteiger charge is -2.31. The molecule has 0 aromatic rings. The first-order valence-corrected chi connectivity index (χ1v) is 22.3. The fourth-order valence-corrected chi connectivity index (χ4v) is 5.85. The third-order valence-corrected chi connectivity index (χ3v) is 9.23. The van der Waals surface area contributed by atoms with E-state index in [-0.39, 0.29) is 42.7 Å². The Hall–Kier alpha value is -3.75. The van der Waals surface area contributed by atoms with Gasteiger partial charge in [-0.3, -0.25) is 9.59 Å². The molecule has 0 bridgehead atoms. The lowest BCUT2D eigenvalue weighted by atomic mass is 10.1. The van der Waals surface area contributed by atoms with Crippen LogP contribution >= 0.6 is 0 Å². The Labute approximate surface area is 354 Å². The molecule has 0 radical (unpaired) electrons. The molecule has 2 atom stereocenters. The van der Waals surface area contributed by atoms with Gasteiger partial charge < -0.3 is 23.8 Å². The monoisotopic (exact) mass is 809 g/mol. The number of carboxylic acids is 1. The number of nitrogens with zero attached hydrogens (tertiary/aromatic N) is 1. The minimum absolute atomic E-state index is 0.0310. The van der Waals surface area contributed by atoms with Crippen molar-refractivity contribution in [2.75, 3.05) is 41.0 Å². The summed E-state index contributed by atoms with van der Waals surface area (Å²) in [5, 5.41) is 9.61. The molecule has 0 aliphatic carbocycles. The molecule has 0 rings (SSSR count). The molecule has 0 aromatic heterocycles. The first-order valence-electron chi connectivity index (χ1n) is 22.3. The molecule has 58 heavy (non-hydrogen) atoms. The molecule has 0 heterocycles. The fourth-order valence-electron chi connectivity index (χ4n) is 5.85. The number of quaternary nitrogens is 1. The maximum absolute atomic E-state index is 12.7. The van der Waals surface area contributed by atoms with Crippen molar-refractivity contribution in [1.29, 1.82) is 0 Å². The number of likely N-dealkylation sites (N-methyl/N-ethyl adjacent to an activating group) is 1. The van der Waals surface area contributed by atoms with E-state index in [9.17, 15) is 19.5 Å². The topological polar surface area (TPSA) is 99.1 Å². The van der Waals surface area contributed by atoms with Crippen LogP contribution in [0.2, 0.25) is 0 Å². The number of hydrogen-bond donors (Lipinski definition) is 1. The minimum Gasteiger partial charge on any atom is -0.477 e. The summed E-state index contributed by atoms with van der Waals surface area (Å²) in [6, 6.07) is -0.630. The Bertz CT molecular complexity index is 1260. The molecule has 2 unspecified atom stereocenters. The van der Waals surface area contributed by atoms with Crippen molar-refractivity contribution < 1.29 is 38.2 Å². The molecule has 0 aliphatic heterocycles. The second kappa shape index (κ2) is 40.0. The van der Waals surface area contributed by atoms with Gasteiger partial charge in [-0.15, -0.1) is 0 Å². The van der Waals surface area contributed by atoms with Crippen molar-refractivity contribution in [3.05, 3.63) is 97.2 Å². The van der Waals surface area contributed by atoms with Gasteiger partial charge in [-0.05, 0) is 83.5 Å². The molecule has 0 spiro atoms. The van der Waals surface area contributed by atoms with Crippen molar-refractivity contribution in [2.45, 2.75) is 161 Å². The maximum Gasteiger partial charge on any atom is 0.362 e. The van der Waals surface area contributed by atoms with Gasteiger partial charge in [0.2, 0.25) is 0 Å². The van der Waals surface area contributed by atoms with Gasteiger partial charge in [-0.25, -0.2) is 4.79 Å². The van der Waals surface area contributed by atoms with Gasteiger partial charge in [0.1, 0.15) is 6.61 Å². The Kier molecular flexibility index (Phi) is 37.5. The molecule has 0 saturated heterocycles. The van der Waals surface area contributed by atoms with Crippen LogP contribution in [0.3, 0.4) is 0 Å². The summed E-state index contributed by atoms with van der Waals surface area (Å²) in [4.78, 5) is 36.9. The lowest BCUT2D eigenvalue weighted by Crippen LogP contribution is -2.50. The number of unbranched alkanes of at least 4 members (excludes halogenated alkanes) is 8. The largest absolute Gasteiger partial charge is 0.477 e. The molecule has 8 heteroatoms. The van der Waals surface area contributed by atoms with Gasteiger partial charge in [-0.2, -0.15) is 0 Å². The fraction of sp³-hybridized carbons (Fsp3) is 0.620. The van der Waals surface area contributed by atoms with E-state index in [0.29, 0.717) is 19.3 Å². The smallest absolute Gasteiger partial charge is 0.362 e. The summed E-state index contributed by atoms with van der Waals surface area (Å²) >= 11 is 0. The van der Waals surface area contributed by atoms with Crippen LogP contribution in [0, 0.1) is 0 Å². The van der Waals surface area contributed by atoms with E-state index >= 15 is 0 Å². The standard InChI is InChI=1S/C50H81NO7/c1-6-8-10-12-14-16-18-19-20-21-22-23-24-25-26-27-28-29-31-32-34-36-38-40-48(52)57-45-46(44-56-43-42-47(50(54)55)51(3,4)5)58-49(53)41-39-37-35-33-30-17-15-13-11-9-7-2/h8-11,14-17,19-20,22-23,25-26,33,35,46-47H,6-7,12-13,18,21,24,27-32,34,36-45H2,1-5H3/p+1/b10-8+,11-9+,16-14+,17-15+,20-19+,23-22+,26-25+,35-33+. The lowest BCUT2D eigenvalue weighted by molar-refractivity contribution is -0.887. The second-order valence-corrected chi connectivity index (χ2v) is 15.5. The number of allylic oxidation sites excluding steroid dienone is 16. The Morgan fingerprint density at radius 2 is 0.931 bits per heavy atom. The molecule has 0 amide bonds. The summed E-state index contributed by atoms with van der Waals surface area (Å²) in [6.07, 6.45) is 53.3. The molecule has 0 fully saturated rings. The molecule has 0 aliphatic rings. The van der Waals surface area contributed by atoms with Crippen LogP contribution in [-0.2, 0) is 28.6 Å². The molecule has 8 nitrogen and oxygen atoms in total. The number of carbonyl (C=O) groups is 3. The Morgan fingerprint density at radius 3 is 1.40 bits per heavy atom. The van der Waals surface area contributed by atoms with E-state index in [1.165, 1.54) is 19.3 Å². The summed E-state index contributed by atoms with van der Waals surface area (Å²) in [5.74, 6) is -1.57. The van der Waals surface area contributed by atoms with Gasteiger partial charge in [-0.1, -0.05) is 143 Å². The number of hydrogen-bond acceptors (Lipinski definition) is 6. The second-order valence-electron chi connectivity index (χ2n) is 15.5. The highest BCUT2D eigenvalue weighted by atomic mass is 16.6. The van der Waals surface area contributed by atoms with Gasteiger partial charge in [0.05, 0.1) is 34.4 Å². The van der Waals surface area contributed by atoms with Crippen molar-refractivity contribution in [1.82, 2.24) is 0 Å². The summed E-state index contributed by atoms with van der Waals surface area (Å²) in [6.45, 7) is 4.41. The van der Waals surface area contributed by atoms with E-state index < -0.39 is 18.1 Å². The zero-order valence-corrected chi connectivity index (χ0v) is 37.2. The molecule has 328 valence electrons. The highest BCUT2D eigenvalue weighted by Crippen LogP contribution is 2.12. The van der Waals surface area contributed by atoms with E-state index in [2.05, 4.69) is 111 Å². The molecular weight excluding hydrogens is 727 g/mol. The van der Waals surface area contributed by atoms with Crippen molar-refractivity contribution in [2.24, 2.45) is 0 Å². The zero-order chi connectivity index (χ0) is 42.8. The van der Waals surface area contributed by atoms with Crippen LogP contribution < -0.4 is 0 Å². The summed E-state index contributed by atoms with van der Waals surface area (Å²) < 4.78 is 17.2. The minimum atomic E-state index is -0.889. The summed E-state index contributed by atoms with van der Waals surface area (Å²) in [7, 11) is 5.49. The van der Waals surface area contributed by atoms with Crippen molar-refractivity contribution in [3.8, 4) is 0 Å². The Morgan fingerprint density at radius 1 is 0.517 bits per heavy atom. The maximum atomic E-state index is 12.7. The number of carboxylic acid groups (broad SMARTS) is 1.